The van der Waals surface area contributed by atoms with E-state index in [2.05, 4.69) is 11.8 Å². The highest BCUT2D eigenvalue weighted by atomic mass is 16.5. The fraction of sp³-hybridized carbons (Fsp3) is 0.952. The molecule has 4 heteroatoms. The topological polar surface area (TPSA) is 49.8 Å². The standard InChI is InChI=1S/C21H41NO3/c1-3-4-5-6-7-8-9-10-11-12-14-19(16-18-23)25-21(24)20-15-13-17-22(20)2/h19-20,23H,3-18H2,1-2H3/t19?,20-/m1/s1. The summed E-state index contributed by atoms with van der Waals surface area (Å²) in [4.78, 5) is 14.4. The fourth-order valence-corrected chi connectivity index (χ4v) is 3.72. The molecule has 25 heavy (non-hydrogen) atoms. The third kappa shape index (κ3) is 10.2. The average molecular weight is 356 g/mol. The minimum atomic E-state index is -0.111. The Bertz CT molecular complexity index is 335. The first kappa shape index (κ1) is 22.4. The number of aliphatic hydroxyl groups is 1. The Balaban J connectivity index is 2.07. The molecule has 0 aliphatic carbocycles. The highest BCUT2D eigenvalue weighted by molar-refractivity contribution is 5.76. The van der Waals surface area contributed by atoms with Crippen LogP contribution in [0.3, 0.4) is 0 Å². The Hall–Kier alpha value is -0.610. The van der Waals surface area contributed by atoms with Gasteiger partial charge in [-0.25, -0.2) is 0 Å². The van der Waals surface area contributed by atoms with Gasteiger partial charge in [-0.2, -0.15) is 0 Å². The van der Waals surface area contributed by atoms with Crippen molar-refractivity contribution < 1.29 is 14.6 Å². The Morgan fingerprint density at radius 2 is 1.64 bits per heavy atom. The molecule has 0 aromatic rings. The molecule has 148 valence electrons. The van der Waals surface area contributed by atoms with E-state index in [-0.39, 0.29) is 24.7 Å². The van der Waals surface area contributed by atoms with Crippen LogP contribution in [0.2, 0.25) is 0 Å². The number of likely N-dealkylation sites (tertiary alicyclic amines) is 1. The number of likely N-dealkylation sites (N-methyl/N-ethyl adjacent to an activating group) is 1. The van der Waals surface area contributed by atoms with Crippen LogP contribution in [-0.2, 0) is 9.53 Å². The summed E-state index contributed by atoms with van der Waals surface area (Å²) in [6.45, 7) is 3.33. The number of carbonyl (C=O) groups is 1. The van der Waals surface area contributed by atoms with Gasteiger partial charge in [-0.15, -0.1) is 0 Å². The molecule has 0 spiro atoms. The lowest BCUT2D eigenvalue weighted by atomic mass is 10.0. The largest absolute Gasteiger partial charge is 0.461 e. The van der Waals surface area contributed by atoms with Crippen molar-refractivity contribution in [2.45, 2.75) is 109 Å². The van der Waals surface area contributed by atoms with Crippen molar-refractivity contribution in [1.29, 1.82) is 0 Å². The molecule has 1 N–H and O–H groups in total. The number of unbranched alkanes of at least 4 members (excludes halogenated alkanes) is 9. The van der Waals surface area contributed by atoms with E-state index in [1.54, 1.807) is 0 Å². The van der Waals surface area contributed by atoms with Gasteiger partial charge in [-0.05, 0) is 39.3 Å². The molecular weight excluding hydrogens is 314 g/mol. The second-order valence-electron chi connectivity index (χ2n) is 7.68. The third-order valence-electron chi connectivity index (χ3n) is 5.41. The van der Waals surface area contributed by atoms with Crippen LogP contribution in [0.1, 0.15) is 96.8 Å². The molecule has 0 bridgehead atoms. The van der Waals surface area contributed by atoms with Gasteiger partial charge >= 0.3 is 5.97 Å². The molecule has 1 aliphatic heterocycles. The number of esters is 1. The number of hydrogen-bond acceptors (Lipinski definition) is 4. The van der Waals surface area contributed by atoms with Crippen LogP contribution < -0.4 is 0 Å². The lowest BCUT2D eigenvalue weighted by molar-refractivity contribution is -0.155. The SMILES string of the molecule is CCCCCCCCCCCCC(CCO)OC(=O)[C@H]1CCCN1C. The van der Waals surface area contributed by atoms with Crippen molar-refractivity contribution in [3.8, 4) is 0 Å². The first-order valence-corrected chi connectivity index (χ1v) is 10.7. The molecule has 2 atom stereocenters. The lowest BCUT2D eigenvalue weighted by Crippen LogP contribution is -2.36. The predicted octanol–water partition coefficient (Wildman–Crippen LogP) is 4.69. The molecule has 1 unspecified atom stereocenters. The minimum absolute atomic E-state index is 0.0751. The van der Waals surface area contributed by atoms with Crippen molar-refractivity contribution >= 4 is 5.97 Å². The van der Waals surface area contributed by atoms with Crippen LogP contribution in [0.5, 0.6) is 0 Å². The summed E-state index contributed by atoms with van der Waals surface area (Å²) < 4.78 is 5.69. The Morgan fingerprint density at radius 1 is 1.04 bits per heavy atom. The van der Waals surface area contributed by atoms with Crippen molar-refractivity contribution in [3.63, 3.8) is 0 Å². The van der Waals surface area contributed by atoms with E-state index in [4.69, 9.17) is 4.74 Å². The van der Waals surface area contributed by atoms with Gasteiger partial charge in [-0.1, -0.05) is 64.7 Å². The molecule has 0 radical (unpaired) electrons. The molecule has 0 saturated carbocycles. The summed E-state index contributed by atoms with van der Waals surface area (Å²) in [5.41, 5.74) is 0. The van der Waals surface area contributed by atoms with E-state index >= 15 is 0 Å². The van der Waals surface area contributed by atoms with Gasteiger partial charge in [0, 0.05) is 13.0 Å². The van der Waals surface area contributed by atoms with Gasteiger partial charge in [0.15, 0.2) is 0 Å². The minimum Gasteiger partial charge on any atom is -0.461 e. The maximum atomic E-state index is 12.3. The monoisotopic (exact) mass is 355 g/mol. The van der Waals surface area contributed by atoms with Crippen LogP contribution in [0.15, 0.2) is 0 Å². The average Bonchev–Trinajstić information content (AvgIpc) is 3.02. The first-order chi connectivity index (χ1) is 12.2. The zero-order chi connectivity index (χ0) is 18.3. The molecule has 0 amide bonds. The molecule has 1 aliphatic rings. The molecule has 1 saturated heterocycles. The number of ether oxygens (including phenoxy) is 1. The number of rotatable bonds is 15. The highest BCUT2D eigenvalue weighted by Gasteiger charge is 2.30. The van der Waals surface area contributed by atoms with Crippen molar-refractivity contribution in [1.82, 2.24) is 4.90 Å². The van der Waals surface area contributed by atoms with Gasteiger partial charge in [0.1, 0.15) is 12.1 Å². The van der Waals surface area contributed by atoms with Gasteiger partial charge in [-0.3, -0.25) is 9.69 Å². The smallest absolute Gasteiger partial charge is 0.323 e. The zero-order valence-corrected chi connectivity index (χ0v) is 16.7. The van der Waals surface area contributed by atoms with E-state index in [0.29, 0.717) is 6.42 Å². The summed E-state index contributed by atoms with van der Waals surface area (Å²) in [7, 11) is 1.99. The normalized spacial score (nSPS) is 19.2. The van der Waals surface area contributed by atoms with Crippen molar-refractivity contribution in [2.75, 3.05) is 20.2 Å². The Labute approximate surface area is 155 Å². The molecule has 1 rings (SSSR count). The van der Waals surface area contributed by atoms with E-state index in [9.17, 15) is 9.90 Å². The highest BCUT2D eigenvalue weighted by Crippen LogP contribution is 2.19. The number of hydrogen-bond donors (Lipinski definition) is 1. The van der Waals surface area contributed by atoms with E-state index in [1.165, 1.54) is 57.8 Å². The molecular formula is C21H41NO3. The maximum absolute atomic E-state index is 12.3. The summed E-state index contributed by atoms with van der Waals surface area (Å²) in [6.07, 6.45) is 16.4. The van der Waals surface area contributed by atoms with Crippen molar-refractivity contribution in [2.24, 2.45) is 0 Å². The molecule has 4 nitrogen and oxygen atoms in total. The Morgan fingerprint density at radius 3 is 2.16 bits per heavy atom. The number of carbonyl (C=O) groups excluding carboxylic acids is 1. The maximum Gasteiger partial charge on any atom is 0.323 e. The summed E-state index contributed by atoms with van der Waals surface area (Å²) in [5.74, 6) is -0.0921. The quantitative estimate of drug-likeness (QED) is 0.342. The second kappa shape index (κ2) is 14.5. The van der Waals surface area contributed by atoms with Gasteiger partial charge in [0.2, 0.25) is 0 Å². The summed E-state index contributed by atoms with van der Waals surface area (Å²) in [6, 6.07) is -0.0751. The molecule has 0 aromatic heterocycles. The van der Waals surface area contributed by atoms with Gasteiger partial charge < -0.3 is 9.84 Å². The van der Waals surface area contributed by atoms with Gasteiger partial charge in [0.25, 0.3) is 0 Å². The first-order valence-electron chi connectivity index (χ1n) is 10.7. The molecule has 1 fully saturated rings. The zero-order valence-electron chi connectivity index (χ0n) is 16.7. The number of aliphatic hydroxyl groups excluding tert-OH is 1. The van der Waals surface area contributed by atoms with Crippen LogP contribution in [0.4, 0.5) is 0 Å². The molecule has 1 heterocycles. The van der Waals surface area contributed by atoms with E-state index in [1.807, 2.05) is 7.05 Å². The lowest BCUT2D eigenvalue weighted by Gasteiger charge is -2.22. The van der Waals surface area contributed by atoms with Crippen LogP contribution in [-0.4, -0.2) is 48.3 Å². The molecule has 0 aromatic carbocycles. The number of nitrogens with zero attached hydrogens (tertiary/aromatic N) is 1. The van der Waals surface area contributed by atoms with Crippen molar-refractivity contribution in [3.05, 3.63) is 0 Å². The third-order valence-corrected chi connectivity index (χ3v) is 5.41. The predicted molar refractivity (Wildman–Crippen MR) is 104 cm³/mol. The summed E-state index contributed by atoms with van der Waals surface area (Å²) >= 11 is 0. The summed E-state index contributed by atoms with van der Waals surface area (Å²) in [5, 5.41) is 9.23. The second-order valence-corrected chi connectivity index (χ2v) is 7.68. The van der Waals surface area contributed by atoms with Crippen LogP contribution in [0.25, 0.3) is 0 Å². The van der Waals surface area contributed by atoms with Crippen LogP contribution >= 0.6 is 0 Å². The Kier molecular flexibility index (Phi) is 13.1. The fourth-order valence-electron chi connectivity index (χ4n) is 3.72. The van der Waals surface area contributed by atoms with E-state index in [0.717, 1.165) is 32.2 Å². The van der Waals surface area contributed by atoms with E-state index < -0.39 is 0 Å². The van der Waals surface area contributed by atoms with Crippen LogP contribution in [0, 0.1) is 0 Å². The van der Waals surface area contributed by atoms with Gasteiger partial charge in [0.05, 0.1) is 0 Å².